The minimum atomic E-state index is -0.794. The highest BCUT2D eigenvalue weighted by Crippen LogP contribution is 2.35. The van der Waals surface area contributed by atoms with Crippen molar-refractivity contribution < 1.29 is 14.4 Å². The summed E-state index contributed by atoms with van der Waals surface area (Å²) in [5, 5.41) is 5.85. The van der Waals surface area contributed by atoms with Gasteiger partial charge >= 0.3 is 6.03 Å². The first-order valence-corrected chi connectivity index (χ1v) is 9.15. The number of nitrogens with two attached hydrogens (primary N) is 1. The van der Waals surface area contributed by atoms with Gasteiger partial charge in [-0.25, -0.2) is 9.69 Å². The van der Waals surface area contributed by atoms with Gasteiger partial charge in [-0.1, -0.05) is 25.7 Å². The first kappa shape index (κ1) is 17.2. The summed E-state index contributed by atoms with van der Waals surface area (Å²) in [5.74, 6) is -0.232. The van der Waals surface area contributed by atoms with Gasteiger partial charge in [-0.2, -0.15) is 0 Å². The normalized spacial score (nSPS) is 30.5. The molecule has 0 aromatic carbocycles. The average Bonchev–Trinajstić information content (AvgIpc) is 3.13. The molecule has 1 saturated heterocycles. The second-order valence-corrected chi connectivity index (χ2v) is 7.47. The fraction of sp³-hybridized carbons (Fsp3) is 0.824. The molecule has 3 rings (SSSR count). The third-order valence-electron chi connectivity index (χ3n) is 5.96. The van der Waals surface area contributed by atoms with E-state index in [1.165, 1.54) is 0 Å². The fourth-order valence-corrected chi connectivity index (χ4v) is 4.41. The highest BCUT2D eigenvalue weighted by molar-refractivity contribution is 6.09. The highest BCUT2D eigenvalue weighted by Gasteiger charge is 2.54. The molecule has 0 aromatic rings. The number of hydrogen-bond acceptors (Lipinski definition) is 4. The average molecular weight is 336 g/mol. The quantitative estimate of drug-likeness (QED) is 0.663. The van der Waals surface area contributed by atoms with Crippen LogP contribution in [-0.4, -0.2) is 46.9 Å². The van der Waals surface area contributed by atoms with E-state index in [9.17, 15) is 14.4 Å². The van der Waals surface area contributed by atoms with Gasteiger partial charge in [0.05, 0.1) is 0 Å². The molecule has 3 fully saturated rings. The van der Waals surface area contributed by atoms with Crippen LogP contribution in [-0.2, 0) is 9.59 Å². The summed E-state index contributed by atoms with van der Waals surface area (Å²) >= 11 is 0. The van der Waals surface area contributed by atoms with E-state index in [-0.39, 0.29) is 23.8 Å². The number of hydrogen-bond donors (Lipinski definition) is 3. The summed E-state index contributed by atoms with van der Waals surface area (Å²) in [7, 11) is 0. The fourth-order valence-electron chi connectivity index (χ4n) is 4.41. The van der Waals surface area contributed by atoms with E-state index in [1.54, 1.807) is 6.92 Å². The minimum Gasteiger partial charge on any atom is -0.351 e. The van der Waals surface area contributed by atoms with Gasteiger partial charge in [0, 0.05) is 6.04 Å². The van der Waals surface area contributed by atoms with Crippen LogP contribution in [0.1, 0.15) is 58.3 Å². The molecule has 1 spiro atoms. The zero-order chi connectivity index (χ0) is 17.3. The molecule has 0 aromatic heterocycles. The van der Waals surface area contributed by atoms with Gasteiger partial charge in [0.15, 0.2) is 0 Å². The number of carbonyl (C=O) groups excluding carboxylic acids is 3. The van der Waals surface area contributed by atoms with Gasteiger partial charge < -0.3 is 16.4 Å². The van der Waals surface area contributed by atoms with Gasteiger partial charge in [0.1, 0.15) is 11.6 Å². The smallest absolute Gasteiger partial charge is 0.325 e. The standard InChI is InChI=1S/C17H28N4O3/c1-11(14(22)19-13-7-3-2-6-12(13)10-18)21-15(23)17(20-16(21)24)8-4-5-9-17/h11-13H,2-10,18H2,1H3,(H,19,22)(H,20,24). The lowest BCUT2D eigenvalue weighted by atomic mass is 9.84. The summed E-state index contributed by atoms with van der Waals surface area (Å²) in [4.78, 5) is 38.8. The van der Waals surface area contributed by atoms with Crippen LogP contribution in [0.5, 0.6) is 0 Å². The zero-order valence-corrected chi connectivity index (χ0v) is 14.3. The van der Waals surface area contributed by atoms with E-state index in [4.69, 9.17) is 5.73 Å². The number of nitrogens with one attached hydrogen (secondary N) is 2. The van der Waals surface area contributed by atoms with Crippen LogP contribution in [0.2, 0.25) is 0 Å². The zero-order valence-electron chi connectivity index (χ0n) is 14.3. The molecule has 7 nitrogen and oxygen atoms in total. The molecule has 2 aliphatic carbocycles. The topological polar surface area (TPSA) is 105 Å². The molecule has 3 unspecified atom stereocenters. The van der Waals surface area contributed by atoms with Crippen molar-refractivity contribution in [1.82, 2.24) is 15.5 Å². The van der Waals surface area contributed by atoms with E-state index >= 15 is 0 Å². The van der Waals surface area contributed by atoms with Crippen molar-refractivity contribution in [3.05, 3.63) is 0 Å². The number of amides is 4. The first-order valence-electron chi connectivity index (χ1n) is 9.15. The number of carbonyl (C=O) groups is 3. The highest BCUT2D eigenvalue weighted by atomic mass is 16.2. The van der Waals surface area contributed by atoms with Gasteiger partial charge in [-0.15, -0.1) is 0 Å². The predicted molar refractivity (Wildman–Crippen MR) is 89.0 cm³/mol. The van der Waals surface area contributed by atoms with Crippen LogP contribution in [0.3, 0.4) is 0 Å². The summed E-state index contributed by atoms with van der Waals surface area (Å²) in [6.45, 7) is 2.17. The molecular weight excluding hydrogens is 308 g/mol. The molecule has 4 N–H and O–H groups in total. The van der Waals surface area contributed by atoms with Gasteiger partial charge in [-0.3, -0.25) is 9.59 Å². The van der Waals surface area contributed by atoms with Crippen molar-refractivity contribution in [2.24, 2.45) is 11.7 Å². The van der Waals surface area contributed by atoms with Crippen molar-refractivity contribution in [2.75, 3.05) is 6.54 Å². The Balaban J connectivity index is 1.67. The van der Waals surface area contributed by atoms with E-state index < -0.39 is 17.6 Å². The summed E-state index contributed by atoms with van der Waals surface area (Å²) in [6.07, 6.45) is 7.33. The molecule has 7 heteroatoms. The van der Waals surface area contributed by atoms with Crippen molar-refractivity contribution in [3.8, 4) is 0 Å². The van der Waals surface area contributed by atoms with E-state index in [1.807, 2.05) is 0 Å². The Kier molecular flexibility index (Phi) is 4.80. The molecule has 4 amide bonds. The number of nitrogens with zero attached hydrogens (tertiary/aromatic N) is 1. The minimum absolute atomic E-state index is 0.0416. The van der Waals surface area contributed by atoms with E-state index in [0.29, 0.717) is 19.4 Å². The molecule has 3 aliphatic rings. The summed E-state index contributed by atoms with van der Waals surface area (Å²) in [5.41, 5.74) is 5.04. The van der Waals surface area contributed by atoms with Crippen LogP contribution in [0, 0.1) is 5.92 Å². The second kappa shape index (κ2) is 6.70. The number of rotatable bonds is 4. The summed E-state index contributed by atoms with van der Waals surface area (Å²) in [6, 6.07) is -1.19. The largest absolute Gasteiger partial charge is 0.351 e. The molecular formula is C17H28N4O3. The molecule has 0 radical (unpaired) electrons. The van der Waals surface area contributed by atoms with Crippen molar-refractivity contribution in [3.63, 3.8) is 0 Å². The third-order valence-corrected chi connectivity index (χ3v) is 5.96. The van der Waals surface area contributed by atoms with Crippen molar-refractivity contribution in [2.45, 2.75) is 75.9 Å². The molecule has 0 bridgehead atoms. The third kappa shape index (κ3) is 2.90. The van der Waals surface area contributed by atoms with Crippen LogP contribution in [0.15, 0.2) is 0 Å². The number of urea groups is 1. The Labute approximate surface area is 142 Å². The van der Waals surface area contributed by atoms with Crippen LogP contribution in [0.25, 0.3) is 0 Å². The Morgan fingerprint density at radius 3 is 2.62 bits per heavy atom. The predicted octanol–water partition coefficient (Wildman–Crippen LogP) is 0.873. The Bertz CT molecular complexity index is 530. The Morgan fingerprint density at radius 1 is 1.29 bits per heavy atom. The maximum atomic E-state index is 12.7. The van der Waals surface area contributed by atoms with Crippen molar-refractivity contribution in [1.29, 1.82) is 0 Å². The maximum absolute atomic E-state index is 12.7. The molecule has 1 aliphatic heterocycles. The van der Waals surface area contributed by atoms with Gasteiger partial charge in [0.2, 0.25) is 5.91 Å². The number of imide groups is 1. The SMILES string of the molecule is CC(C(=O)NC1CCCCC1CN)N1C(=O)NC2(CCCC2)C1=O. The van der Waals surface area contributed by atoms with E-state index in [0.717, 1.165) is 43.4 Å². The molecule has 134 valence electrons. The Morgan fingerprint density at radius 2 is 1.96 bits per heavy atom. The first-order chi connectivity index (χ1) is 11.5. The molecule has 3 atom stereocenters. The summed E-state index contributed by atoms with van der Waals surface area (Å²) < 4.78 is 0. The lowest BCUT2D eigenvalue weighted by Crippen LogP contribution is -2.54. The van der Waals surface area contributed by atoms with Crippen molar-refractivity contribution >= 4 is 17.8 Å². The second-order valence-electron chi connectivity index (χ2n) is 7.47. The van der Waals surface area contributed by atoms with Crippen LogP contribution < -0.4 is 16.4 Å². The maximum Gasteiger partial charge on any atom is 0.325 e. The monoisotopic (exact) mass is 336 g/mol. The van der Waals surface area contributed by atoms with Gasteiger partial charge in [-0.05, 0) is 45.1 Å². The lowest BCUT2D eigenvalue weighted by Gasteiger charge is -2.33. The molecule has 2 saturated carbocycles. The molecule has 1 heterocycles. The Hall–Kier alpha value is -1.63. The van der Waals surface area contributed by atoms with Crippen LogP contribution >= 0.6 is 0 Å². The van der Waals surface area contributed by atoms with Gasteiger partial charge in [0.25, 0.3) is 5.91 Å². The lowest BCUT2D eigenvalue weighted by molar-refractivity contribution is -0.138. The molecule has 24 heavy (non-hydrogen) atoms. The van der Waals surface area contributed by atoms with Crippen LogP contribution in [0.4, 0.5) is 4.79 Å². The van der Waals surface area contributed by atoms with E-state index in [2.05, 4.69) is 10.6 Å².